The summed E-state index contributed by atoms with van der Waals surface area (Å²) in [5.74, 6) is 0.652. The van der Waals surface area contributed by atoms with Crippen molar-refractivity contribution in [3.8, 4) is 11.5 Å². The highest BCUT2D eigenvalue weighted by atomic mass is 32.2. The lowest BCUT2D eigenvalue weighted by atomic mass is 10.0. The Morgan fingerprint density at radius 3 is 2.79 bits per heavy atom. The van der Waals surface area contributed by atoms with E-state index in [-0.39, 0.29) is 23.2 Å². The van der Waals surface area contributed by atoms with Gasteiger partial charge in [-0.25, -0.2) is 9.99 Å². The monoisotopic (exact) mass is 493 g/mol. The molecule has 11 heteroatoms. The number of nitrogens with zero attached hydrogens (tertiary/aromatic N) is 3. The first-order chi connectivity index (χ1) is 15.9. The first-order valence-corrected chi connectivity index (χ1v) is 11.8. The van der Waals surface area contributed by atoms with Gasteiger partial charge in [0.05, 0.1) is 35.2 Å². The molecule has 174 valence electrons. The minimum atomic E-state index is -2.97. The van der Waals surface area contributed by atoms with Crippen molar-refractivity contribution in [2.45, 2.75) is 38.1 Å². The van der Waals surface area contributed by atoms with Gasteiger partial charge in [-0.3, -0.25) is 4.79 Å². The Kier molecular flexibility index (Phi) is 6.99. The smallest absolute Gasteiger partial charge is 0.387 e. The number of aromatic nitrogens is 1. The van der Waals surface area contributed by atoms with E-state index < -0.39 is 12.7 Å². The standard InChI is InChI=1S/C22H21F2N3O4S2/c1-12-13(2)30-22(25-12)33-11-20(28)27-16(10-15(26-27)19-5-4-8-32-19)14-6-7-17(31-21(23)24)18(9-14)29-3/h4-9,16,21H,10-11H2,1-3H3. The molecule has 0 spiro atoms. The number of carbonyl (C=O) groups is 1. The van der Waals surface area contributed by atoms with E-state index in [9.17, 15) is 13.6 Å². The van der Waals surface area contributed by atoms with Gasteiger partial charge in [-0.2, -0.15) is 13.9 Å². The number of hydrogen-bond donors (Lipinski definition) is 0. The lowest BCUT2D eigenvalue weighted by Gasteiger charge is -2.22. The average Bonchev–Trinajstić information content (AvgIpc) is 3.52. The minimum absolute atomic E-state index is 0.0725. The third-order valence-corrected chi connectivity index (χ3v) is 6.82. The third-order valence-electron chi connectivity index (χ3n) is 5.09. The number of hydrogen-bond acceptors (Lipinski definition) is 8. The molecular formula is C22H21F2N3O4S2. The number of alkyl halides is 2. The predicted octanol–water partition coefficient (Wildman–Crippen LogP) is 5.43. The Morgan fingerprint density at radius 1 is 1.33 bits per heavy atom. The summed E-state index contributed by atoms with van der Waals surface area (Å²) in [6.45, 7) is 0.688. The maximum Gasteiger partial charge on any atom is 0.387 e. The molecule has 0 saturated heterocycles. The first-order valence-electron chi connectivity index (χ1n) is 9.98. The van der Waals surface area contributed by atoms with Crippen LogP contribution in [-0.2, 0) is 4.79 Å². The van der Waals surface area contributed by atoms with Crippen molar-refractivity contribution in [1.29, 1.82) is 0 Å². The van der Waals surface area contributed by atoms with Gasteiger partial charge in [0.2, 0.25) is 0 Å². The number of methoxy groups -OCH3 is 1. The highest BCUT2D eigenvalue weighted by molar-refractivity contribution is 7.99. The van der Waals surface area contributed by atoms with Crippen LogP contribution in [-0.4, -0.2) is 41.1 Å². The molecule has 0 aliphatic carbocycles. The number of ether oxygens (including phenoxy) is 2. The molecule has 33 heavy (non-hydrogen) atoms. The second kappa shape index (κ2) is 9.92. The zero-order chi connectivity index (χ0) is 23.5. The number of benzene rings is 1. The minimum Gasteiger partial charge on any atom is -0.493 e. The highest BCUT2D eigenvalue weighted by Crippen LogP contribution is 2.38. The van der Waals surface area contributed by atoms with Crippen LogP contribution in [0.2, 0.25) is 0 Å². The van der Waals surface area contributed by atoms with Crippen LogP contribution in [0, 0.1) is 13.8 Å². The van der Waals surface area contributed by atoms with Crippen LogP contribution in [0.25, 0.3) is 0 Å². The van der Waals surface area contributed by atoms with Gasteiger partial charge in [-0.1, -0.05) is 23.9 Å². The van der Waals surface area contributed by atoms with E-state index in [0.29, 0.717) is 23.0 Å². The fourth-order valence-corrected chi connectivity index (χ4v) is 4.86. The van der Waals surface area contributed by atoms with E-state index >= 15 is 0 Å². The van der Waals surface area contributed by atoms with Crippen LogP contribution in [0.4, 0.5) is 8.78 Å². The Bertz CT molecular complexity index is 1150. The molecule has 0 radical (unpaired) electrons. The molecule has 1 aromatic carbocycles. The number of oxazole rings is 1. The maximum atomic E-state index is 13.2. The number of carbonyl (C=O) groups excluding carboxylic acids is 1. The van der Waals surface area contributed by atoms with Crippen molar-refractivity contribution in [2.24, 2.45) is 5.10 Å². The normalized spacial score (nSPS) is 15.8. The van der Waals surface area contributed by atoms with Gasteiger partial charge in [-0.15, -0.1) is 11.3 Å². The van der Waals surface area contributed by atoms with Crippen molar-refractivity contribution >= 4 is 34.7 Å². The molecule has 4 rings (SSSR count). The van der Waals surface area contributed by atoms with Gasteiger partial charge >= 0.3 is 6.61 Å². The second-order valence-corrected chi connectivity index (χ2v) is 9.06. The van der Waals surface area contributed by atoms with E-state index in [4.69, 9.17) is 9.15 Å². The topological polar surface area (TPSA) is 77.2 Å². The molecule has 1 aliphatic heterocycles. The summed E-state index contributed by atoms with van der Waals surface area (Å²) in [6.07, 6.45) is 0.479. The quantitative estimate of drug-likeness (QED) is 0.389. The summed E-state index contributed by atoms with van der Waals surface area (Å²) < 4.78 is 40.7. The van der Waals surface area contributed by atoms with E-state index in [1.165, 1.54) is 41.3 Å². The van der Waals surface area contributed by atoms with Crippen LogP contribution in [0.15, 0.2) is 50.5 Å². The zero-order valence-corrected chi connectivity index (χ0v) is 19.7. The molecule has 1 amide bonds. The van der Waals surface area contributed by atoms with Gasteiger partial charge in [-0.05, 0) is 43.0 Å². The van der Waals surface area contributed by atoms with E-state index in [2.05, 4.69) is 14.8 Å². The van der Waals surface area contributed by atoms with Crippen LogP contribution in [0.5, 0.6) is 11.5 Å². The SMILES string of the molecule is COc1cc(C2CC(c3cccs3)=NN2C(=O)CSc2nc(C)c(C)o2)ccc1OC(F)F. The van der Waals surface area contributed by atoms with Crippen molar-refractivity contribution in [1.82, 2.24) is 9.99 Å². The summed E-state index contributed by atoms with van der Waals surface area (Å²) in [7, 11) is 1.37. The Hall–Kier alpha value is -2.92. The fourth-order valence-electron chi connectivity index (χ4n) is 3.37. The van der Waals surface area contributed by atoms with Crippen LogP contribution in [0.1, 0.15) is 34.4 Å². The summed E-state index contributed by atoms with van der Waals surface area (Å²) in [5.41, 5.74) is 2.26. The van der Waals surface area contributed by atoms with Crippen molar-refractivity contribution in [2.75, 3.05) is 12.9 Å². The molecule has 0 fully saturated rings. The number of thiophene rings is 1. The number of amides is 1. The molecule has 3 heterocycles. The summed E-state index contributed by atoms with van der Waals surface area (Å²) >= 11 is 2.74. The lowest BCUT2D eigenvalue weighted by Crippen LogP contribution is -2.28. The van der Waals surface area contributed by atoms with Crippen molar-refractivity contribution < 1.29 is 27.5 Å². The molecule has 3 aromatic rings. The van der Waals surface area contributed by atoms with Gasteiger partial charge < -0.3 is 13.9 Å². The lowest BCUT2D eigenvalue weighted by molar-refractivity contribution is -0.130. The Labute approximate surface area is 197 Å². The highest BCUT2D eigenvalue weighted by Gasteiger charge is 2.34. The molecule has 1 unspecified atom stereocenters. The summed E-state index contributed by atoms with van der Waals surface area (Å²) in [4.78, 5) is 18.4. The molecule has 0 N–H and O–H groups in total. The van der Waals surface area contributed by atoms with E-state index in [0.717, 1.165) is 16.3 Å². The van der Waals surface area contributed by atoms with Gasteiger partial charge in [0, 0.05) is 6.42 Å². The molecule has 1 atom stereocenters. The number of hydrazone groups is 1. The number of halogens is 2. The van der Waals surface area contributed by atoms with Crippen molar-refractivity contribution in [3.05, 3.63) is 57.6 Å². The molecule has 7 nitrogen and oxygen atoms in total. The van der Waals surface area contributed by atoms with Crippen LogP contribution in [0.3, 0.4) is 0 Å². The Balaban J connectivity index is 1.59. The van der Waals surface area contributed by atoms with Gasteiger partial charge in [0.1, 0.15) is 5.76 Å². The van der Waals surface area contributed by atoms with E-state index in [1.54, 1.807) is 12.1 Å². The Morgan fingerprint density at radius 2 is 2.15 bits per heavy atom. The summed E-state index contributed by atoms with van der Waals surface area (Å²) in [6, 6.07) is 8.11. The maximum absolute atomic E-state index is 13.2. The number of thioether (sulfide) groups is 1. The number of aryl methyl sites for hydroxylation is 2. The largest absolute Gasteiger partial charge is 0.493 e. The molecular weight excluding hydrogens is 472 g/mol. The van der Waals surface area contributed by atoms with Crippen molar-refractivity contribution in [3.63, 3.8) is 0 Å². The first kappa shape index (κ1) is 23.2. The molecule has 2 aromatic heterocycles. The number of rotatable bonds is 8. The summed E-state index contributed by atoms with van der Waals surface area (Å²) in [5, 5.41) is 8.41. The third kappa shape index (κ3) is 5.19. The average molecular weight is 494 g/mol. The zero-order valence-electron chi connectivity index (χ0n) is 18.1. The molecule has 0 bridgehead atoms. The van der Waals surface area contributed by atoms with Gasteiger partial charge in [0.15, 0.2) is 11.5 Å². The molecule has 0 saturated carbocycles. The fraction of sp³-hybridized carbons (Fsp3) is 0.318. The second-order valence-electron chi connectivity index (χ2n) is 7.18. The predicted molar refractivity (Wildman–Crippen MR) is 121 cm³/mol. The van der Waals surface area contributed by atoms with Crippen LogP contribution < -0.4 is 9.47 Å². The van der Waals surface area contributed by atoms with Crippen LogP contribution >= 0.6 is 23.1 Å². The van der Waals surface area contributed by atoms with Gasteiger partial charge in [0.25, 0.3) is 11.1 Å². The van der Waals surface area contributed by atoms with E-state index in [1.807, 2.05) is 31.4 Å². The molecule has 1 aliphatic rings.